The van der Waals surface area contributed by atoms with Crippen LogP contribution in [0.15, 0.2) is 53.6 Å². The van der Waals surface area contributed by atoms with Crippen LogP contribution in [0.5, 0.6) is 0 Å². The van der Waals surface area contributed by atoms with E-state index in [0.717, 1.165) is 36.7 Å². The number of benzene rings is 2. The summed E-state index contributed by atoms with van der Waals surface area (Å²) in [5.41, 5.74) is -2.61. The van der Waals surface area contributed by atoms with Crippen LogP contribution in [0.25, 0.3) is 0 Å². The van der Waals surface area contributed by atoms with Crippen molar-refractivity contribution in [1.29, 1.82) is 0 Å². The number of aromatic nitrogens is 1. The maximum absolute atomic E-state index is 13.2. The molecule has 36 heavy (non-hydrogen) atoms. The Morgan fingerprint density at radius 3 is 2.17 bits per heavy atom. The second-order valence-corrected chi connectivity index (χ2v) is 11.9. The van der Waals surface area contributed by atoms with Gasteiger partial charge in [-0.15, -0.1) is 0 Å². The van der Waals surface area contributed by atoms with Gasteiger partial charge in [0.05, 0.1) is 37.5 Å². The molecule has 3 aromatic rings. The van der Waals surface area contributed by atoms with E-state index >= 15 is 0 Å². The zero-order valence-electron chi connectivity index (χ0n) is 17.7. The Labute approximate surface area is 218 Å². The number of sulfonamides is 2. The van der Waals surface area contributed by atoms with Crippen molar-refractivity contribution in [2.75, 3.05) is 15.7 Å². The van der Waals surface area contributed by atoms with E-state index in [1.807, 2.05) is 4.72 Å². The third-order valence-electron chi connectivity index (χ3n) is 4.38. The van der Waals surface area contributed by atoms with Gasteiger partial charge in [0.25, 0.3) is 10.0 Å². The molecule has 2 aromatic carbocycles. The lowest BCUT2D eigenvalue weighted by atomic mass is 10.1. The van der Waals surface area contributed by atoms with Crippen LogP contribution in [0.2, 0.25) is 15.1 Å². The van der Waals surface area contributed by atoms with Gasteiger partial charge in [-0.1, -0.05) is 34.8 Å². The van der Waals surface area contributed by atoms with Crippen LogP contribution in [0.4, 0.5) is 24.5 Å². The Kier molecular flexibility index (Phi) is 7.82. The van der Waals surface area contributed by atoms with Gasteiger partial charge in [-0.05, 0) is 42.5 Å². The van der Waals surface area contributed by atoms with Crippen LogP contribution in [0.1, 0.15) is 21.6 Å². The summed E-state index contributed by atoms with van der Waals surface area (Å²) in [5.74, 6) is -0.932. The number of hydrogen-bond donors (Lipinski definition) is 2. The molecule has 0 fully saturated rings. The quantitative estimate of drug-likeness (QED) is 0.346. The standard InChI is InChI=1S/C20H13Cl3F3N3O5S2/c1-35(31,32)28-11-2-4-15(22)13(7-11)19(30)18-17(6-10(21)9-27-18)29-36(33,34)12-3-5-16(23)14(8-12)20(24,25)26/h2-9,28-29H,1H3. The fourth-order valence-electron chi connectivity index (χ4n) is 2.89. The summed E-state index contributed by atoms with van der Waals surface area (Å²) in [4.78, 5) is 16.2. The van der Waals surface area contributed by atoms with Crippen LogP contribution < -0.4 is 9.44 Å². The molecule has 1 heterocycles. The summed E-state index contributed by atoms with van der Waals surface area (Å²) >= 11 is 17.5. The number of halogens is 6. The number of anilines is 2. The Morgan fingerprint density at radius 1 is 0.917 bits per heavy atom. The fraction of sp³-hybridized carbons (Fsp3) is 0.100. The Bertz CT molecular complexity index is 1580. The predicted octanol–water partition coefficient (Wildman–Crippen LogP) is 5.46. The van der Waals surface area contributed by atoms with Gasteiger partial charge in [-0.3, -0.25) is 14.2 Å². The molecule has 2 N–H and O–H groups in total. The van der Waals surface area contributed by atoms with Crippen molar-refractivity contribution < 1.29 is 34.8 Å². The van der Waals surface area contributed by atoms with Crippen molar-refractivity contribution in [2.45, 2.75) is 11.1 Å². The van der Waals surface area contributed by atoms with Gasteiger partial charge < -0.3 is 0 Å². The van der Waals surface area contributed by atoms with E-state index in [0.29, 0.717) is 6.07 Å². The molecule has 0 radical (unpaired) electrons. The molecule has 16 heteroatoms. The molecule has 0 spiro atoms. The minimum atomic E-state index is -4.93. The second-order valence-electron chi connectivity index (χ2n) is 7.19. The molecule has 0 aliphatic heterocycles. The topological polar surface area (TPSA) is 122 Å². The summed E-state index contributed by atoms with van der Waals surface area (Å²) < 4.78 is 92.6. The zero-order chi connectivity index (χ0) is 27.1. The first-order valence-corrected chi connectivity index (χ1v) is 13.9. The van der Waals surface area contributed by atoms with Crippen LogP contribution in [-0.2, 0) is 26.2 Å². The average molecular weight is 603 g/mol. The largest absolute Gasteiger partial charge is 0.417 e. The Hall–Kier alpha value is -2.58. The van der Waals surface area contributed by atoms with E-state index in [1.165, 1.54) is 12.1 Å². The molecule has 3 rings (SSSR count). The molecule has 8 nitrogen and oxygen atoms in total. The molecular formula is C20H13Cl3F3N3O5S2. The number of nitrogens with one attached hydrogen (secondary N) is 2. The highest BCUT2D eigenvalue weighted by Gasteiger charge is 2.35. The summed E-state index contributed by atoms with van der Waals surface area (Å²) in [7, 11) is -8.40. The number of hydrogen-bond acceptors (Lipinski definition) is 6. The van der Waals surface area contributed by atoms with E-state index in [9.17, 15) is 34.8 Å². The first-order valence-electron chi connectivity index (χ1n) is 9.35. The smallest absolute Gasteiger partial charge is 0.287 e. The minimum absolute atomic E-state index is 0.0119. The van der Waals surface area contributed by atoms with Crippen molar-refractivity contribution in [3.8, 4) is 0 Å². The van der Waals surface area contributed by atoms with Crippen molar-refractivity contribution in [2.24, 2.45) is 0 Å². The molecule has 0 amide bonds. The first kappa shape index (κ1) is 28.0. The van der Waals surface area contributed by atoms with E-state index in [4.69, 9.17) is 34.8 Å². The monoisotopic (exact) mass is 601 g/mol. The number of pyridine rings is 1. The summed E-state index contributed by atoms with van der Waals surface area (Å²) in [6, 6.07) is 6.59. The summed E-state index contributed by atoms with van der Waals surface area (Å²) in [6.45, 7) is 0. The van der Waals surface area contributed by atoms with Crippen LogP contribution >= 0.6 is 34.8 Å². The van der Waals surface area contributed by atoms with Crippen molar-refractivity contribution >= 4 is 72.0 Å². The Morgan fingerprint density at radius 2 is 1.56 bits per heavy atom. The van der Waals surface area contributed by atoms with Crippen LogP contribution in [-0.4, -0.2) is 33.9 Å². The number of ketones is 1. The number of rotatable bonds is 7. The highest BCUT2D eigenvalue weighted by atomic mass is 35.5. The maximum Gasteiger partial charge on any atom is 0.417 e. The van der Waals surface area contributed by atoms with Crippen LogP contribution in [0, 0.1) is 0 Å². The van der Waals surface area contributed by atoms with Gasteiger partial charge in [-0.25, -0.2) is 21.8 Å². The van der Waals surface area contributed by atoms with Gasteiger partial charge in [0.2, 0.25) is 15.8 Å². The lowest BCUT2D eigenvalue weighted by molar-refractivity contribution is -0.137. The van der Waals surface area contributed by atoms with Crippen molar-refractivity contribution in [3.05, 3.63) is 80.6 Å². The average Bonchev–Trinajstić information content (AvgIpc) is 2.73. The number of alkyl halides is 3. The molecule has 0 aliphatic carbocycles. The number of carbonyl (C=O) groups excluding carboxylic acids is 1. The second kappa shape index (κ2) is 10.1. The van der Waals surface area contributed by atoms with E-state index < -0.39 is 58.9 Å². The van der Waals surface area contributed by atoms with E-state index in [1.54, 1.807) is 0 Å². The minimum Gasteiger partial charge on any atom is -0.287 e. The Balaban J connectivity index is 2.07. The fourth-order valence-corrected chi connectivity index (χ4v) is 5.12. The predicted molar refractivity (Wildman–Crippen MR) is 130 cm³/mol. The molecule has 0 atom stereocenters. The molecule has 192 valence electrons. The summed E-state index contributed by atoms with van der Waals surface area (Å²) in [5, 5.41) is -0.925. The van der Waals surface area contributed by atoms with Gasteiger partial charge in [0.1, 0.15) is 5.69 Å². The zero-order valence-corrected chi connectivity index (χ0v) is 21.6. The third-order valence-corrected chi connectivity index (χ3v) is 7.22. The highest BCUT2D eigenvalue weighted by Crippen LogP contribution is 2.36. The van der Waals surface area contributed by atoms with Gasteiger partial charge in [-0.2, -0.15) is 13.2 Å². The van der Waals surface area contributed by atoms with E-state index in [2.05, 4.69) is 9.71 Å². The molecular weight excluding hydrogens is 590 g/mol. The van der Waals surface area contributed by atoms with Crippen molar-refractivity contribution in [3.63, 3.8) is 0 Å². The molecule has 0 saturated heterocycles. The number of nitrogens with zero attached hydrogens (tertiary/aromatic N) is 1. The van der Waals surface area contributed by atoms with Crippen LogP contribution in [0.3, 0.4) is 0 Å². The first-order chi connectivity index (χ1) is 16.5. The molecule has 0 aliphatic rings. The van der Waals surface area contributed by atoms with Gasteiger partial charge in [0.15, 0.2) is 0 Å². The highest BCUT2D eigenvalue weighted by molar-refractivity contribution is 7.92. The lowest BCUT2D eigenvalue weighted by Gasteiger charge is -2.15. The molecule has 0 unspecified atom stereocenters. The summed E-state index contributed by atoms with van der Waals surface area (Å²) in [6.07, 6.45) is -3.01. The van der Waals surface area contributed by atoms with Gasteiger partial charge >= 0.3 is 6.18 Å². The normalized spacial score (nSPS) is 12.3. The lowest BCUT2D eigenvalue weighted by Crippen LogP contribution is -2.18. The van der Waals surface area contributed by atoms with Gasteiger partial charge in [0, 0.05) is 17.4 Å². The van der Waals surface area contributed by atoms with Crippen molar-refractivity contribution in [1.82, 2.24) is 4.98 Å². The number of carbonyl (C=O) groups is 1. The molecule has 0 bridgehead atoms. The third kappa shape index (κ3) is 6.59. The van der Waals surface area contributed by atoms with E-state index in [-0.39, 0.29) is 21.3 Å². The SMILES string of the molecule is CS(=O)(=O)Nc1ccc(Cl)c(C(=O)c2ncc(Cl)cc2NS(=O)(=O)c2ccc(Cl)c(C(F)(F)F)c2)c1. The molecule has 1 aromatic heterocycles. The maximum atomic E-state index is 13.2. The molecule has 0 saturated carbocycles.